The van der Waals surface area contributed by atoms with Crippen molar-refractivity contribution in [2.24, 2.45) is 0 Å². The van der Waals surface area contributed by atoms with E-state index in [0.29, 0.717) is 40.7 Å². The van der Waals surface area contributed by atoms with E-state index in [9.17, 15) is 18.0 Å². The van der Waals surface area contributed by atoms with Crippen molar-refractivity contribution in [1.82, 2.24) is 10.3 Å². The van der Waals surface area contributed by atoms with Crippen LogP contribution in [0.4, 0.5) is 13.2 Å². The summed E-state index contributed by atoms with van der Waals surface area (Å²) in [6.45, 7) is 0.892. The molecule has 158 valence electrons. The van der Waals surface area contributed by atoms with E-state index in [-0.39, 0.29) is 12.5 Å². The third kappa shape index (κ3) is 5.58. The first kappa shape index (κ1) is 21.8. The summed E-state index contributed by atoms with van der Waals surface area (Å²) in [5, 5.41) is 4.97. The van der Waals surface area contributed by atoms with Gasteiger partial charge in [-0.25, -0.2) is 4.98 Å². The second-order valence-electron chi connectivity index (χ2n) is 6.27. The summed E-state index contributed by atoms with van der Waals surface area (Å²) in [4.78, 5) is 16.5. The topological polar surface area (TPSA) is 60.5 Å². The zero-order chi connectivity index (χ0) is 21.6. The number of thiazole rings is 1. The van der Waals surface area contributed by atoms with Gasteiger partial charge in [-0.3, -0.25) is 4.79 Å². The van der Waals surface area contributed by atoms with Crippen LogP contribution in [0.2, 0.25) is 0 Å². The highest BCUT2D eigenvalue weighted by Gasteiger charge is 2.29. The molecule has 0 atom stereocenters. The van der Waals surface area contributed by atoms with Crippen LogP contribution in [0.25, 0.3) is 10.6 Å². The summed E-state index contributed by atoms with van der Waals surface area (Å²) in [6, 6.07) is 12.0. The summed E-state index contributed by atoms with van der Waals surface area (Å²) < 4.78 is 48.8. The van der Waals surface area contributed by atoms with Gasteiger partial charge in [0.1, 0.15) is 23.1 Å². The average Bonchev–Trinajstić information content (AvgIpc) is 3.22. The van der Waals surface area contributed by atoms with Gasteiger partial charge in [0.25, 0.3) is 5.91 Å². The Bertz CT molecular complexity index is 988. The smallest absolute Gasteiger partial charge is 0.416 e. The number of amides is 1. The zero-order valence-electron chi connectivity index (χ0n) is 16.0. The molecule has 1 aromatic heterocycles. The van der Waals surface area contributed by atoms with Gasteiger partial charge in [0.05, 0.1) is 17.7 Å². The van der Waals surface area contributed by atoms with Crippen molar-refractivity contribution >= 4 is 17.2 Å². The Morgan fingerprint density at radius 3 is 2.57 bits per heavy atom. The molecule has 1 heterocycles. The molecule has 0 saturated heterocycles. The predicted molar refractivity (Wildman–Crippen MR) is 108 cm³/mol. The Labute approximate surface area is 175 Å². The summed E-state index contributed by atoms with van der Waals surface area (Å²) >= 11 is 1.30. The van der Waals surface area contributed by atoms with Crippen LogP contribution in [-0.4, -0.2) is 31.2 Å². The van der Waals surface area contributed by atoms with Crippen LogP contribution in [-0.2, 0) is 17.5 Å². The van der Waals surface area contributed by atoms with Gasteiger partial charge in [0.15, 0.2) is 0 Å². The minimum Gasteiger partial charge on any atom is -0.488 e. The van der Waals surface area contributed by atoms with E-state index in [1.807, 2.05) is 12.1 Å². The lowest BCUT2D eigenvalue weighted by Crippen LogP contribution is -2.27. The molecule has 0 radical (unpaired) electrons. The molecular formula is C21H19F3N2O3S. The second kappa shape index (κ2) is 9.73. The molecule has 0 saturated carbocycles. The molecule has 30 heavy (non-hydrogen) atoms. The third-order valence-electron chi connectivity index (χ3n) is 4.12. The maximum absolute atomic E-state index is 12.7. The van der Waals surface area contributed by atoms with Gasteiger partial charge < -0.3 is 14.8 Å². The molecule has 3 rings (SSSR count). The van der Waals surface area contributed by atoms with Crippen LogP contribution in [0.15, 0.2) is 53.9 Å². The number of hydrogen-bond acceptors (Lipinski definition) is 5. The Hall–Kier alpha value is -2.91. The van der Waals surface area contributed by atoms with Gasteiger partial charge in [-0.1, -0.05) is 24.3 Å². The fourth-order valence-corrected chi connectivity index (χ4v) is 3.41. The average molecular weight is 436 g/mol. The van der Waals surface area contributed by atoms with Crippen molar-refractivity contribution in [3.8, 4) is 16.3 Å². The van der Waals surface area contributed by atoms with Crippen LogP contribution in [0.1, 0.15) is 21.6 Å². The number of carbonyl (C=O) groups is 1. The van der Waals surface area contributed by atoms with Crippen molar-refractivity contribution in [2.45, 2.75) is 12.8 Å². The molecule has 0 spiro atoms. The van der Waals surface area contributed by atoms with Gasteiger partial charge >= 0.3 is 6.18 Å². The fourth-order valence-electron chi connectivity index (χ4n) is 2.58. The summed E-state index contributed by atoms with van der Waals surface area (Å²) in [5.41, 5.74) is 0.898. The SMILES string of the molecule is COCCNC(=O)c1csc(-c2ccccc2OCc2ccc(C(F)(F)F)cc2)n1. The number of aromatic nitrogens is 1. The largest absolute Gasteiger partial charge is 0.488 e. The quantitative estimate of drug-likeness (QED) is 0.516. The molecule has 0 aliphatic carbocycles. The predicted octanol–water partition coefficient (Wildman–Crippen LogP) is 4.78. The highest BCUT2D eigenvalue weighted by molar-refractivity contribution is 7.13. The number of halogens is 3. The first-order valence-electron chi connectivity index (χ1n) is 8.99. The molecule has 0 aliphatic rings. The lowest BCUT2D eigenvalue weighted by molar-refractivity contribution is -0.137. The summed E-state index contributed by atoms with van der Waals surface area (Å²) in [5.74, 6) is 0.232. The molecule has 0 fully saturated rings. The van der Waals surface area contributed by atoms with E-state index in [4.69, 9.17) is 9.47 Å². The molecule has 2 aromatic carbocycles. The maximum Gasteiger partial charge on any atom is 0.416 e. The lowest BCUT2D eigenvalue weighted by Gasteiger charge is -2.11. The van der Waals surface area contributed by atoms with E-state index < -0.39 is 11.7 Å². The first-order chi connectivity index (χ1) is 14.4. The first-order valence-corrected chi connectivity index (χ1v) is 9.87. The third-order valence-corrected chi connectivity index (χ3v) is 5.00. The van der Waals surface area contributed by atoms with Crippen molar-refractivity contribution in [3.05, 3.63) is 70.7 Å². The zero-order valence-corrected chi connectivity index (χ0v) is 16.8. The number of ether oxygens (including phenoxy) is 2. The standard InChI is InChI=1S/C21H19F3N2O3S/c1-28-11-10-25-19(27)17-13-30-20(26-17)16-4-2-3-5-18(16)29-12-14-6-8-15(9-7-14)21(22,23)24/h2-9,13H,10-12H2,1H3,(H,25,27). The highest BCUT2D eigenvalue weighted by atomic mass is 32.1. The van der Waals surface area contributed by atoms with E-state index in [0.717, 1.165) is 12.1 Å². The maximum atomic E-state index is 12.7. The number of alkyl halides is 3. The van der Waals surface area contributed by atoms with Crippen molar-refractivity contribution in [3.63, 3.8) is 0 Å². The van der Waals surface area contributed by atoms with Crippen molar-refractivity contribution < 1.29 is 27.4 Å². The Morgan fingerprint density at radius 2 is 1.87 bits per heavy atom. The van der Waals surface area contributed by atoms with Crippen LogP contribution in [0, 0.1) is 0 Å². The highest BCUT2D eigenvalue weighted by Crippen LogP contribution is 2.33. The minimum atomic E-state index is -4.37. The molecule has 5 nitrogen and oxygen atoms in total. The molecule has 0 unspecified atom stereocenters. The summed E-state index contributed by atoms with van der Waals surface area (Å²) in [7, 11) is 1.55. The monoisotopic (exact) mass is 436 g/mol. The molecule has 3 aromatic rings. The molecule has 0 aliphatic heterocycles. The van der Waals surface area contributed by atoms with E-state index in [2.05, 4.69) is 10.3 Å². The number of nitrogens with one attached hydrogen (secondary N) is 1. The number of hydrogen-bond donors (Lipinski definition) is 1. The Kier molecular flexibility index (Phi) is 7.07. The number of carbonyl (C=O) groups excluding carboxylic acids is 1. The number of para-hydroxylation sites is 1. The van der Waals surface area contributed by atoms with Gasteiger partial charge in [-0.05, 0) is 29.8 Å². The number of methoxy groups -OCH3 is 1. The van der Waals surface area contributed by atoms with Crippen LogP contribution >= 0.6 is 11.3 Å². The lowest BCUT2D eigenvalue weighted by atomic mass is 10.1. The van der Waals surface area contributed by atoms with E-state index in [1.165, 1.54) is 23.5 Å². The van der Waals surface area contributed by atoms with Gasteiger partial charge in [0.2, 0.25) is 0 Å². The van der Waals surface area contributed by atoms with Gasteiger partial charge in [0, 0.05) is 19.0 Å². The van der Waals surface area contributed by atoms with Crippen molar-refractivity contribution in [2.75, 3.05) is 20.3 Å². The molecule has 1 amide bonds. The summed E-state index contributed by atoms with van der Waals surface area (Å²) in [6.07, 6.45) is -4.37. The van der Waals surface area contributed by atoms with Crippen molar-refractivity contribution in [1.29, 1.82) is 0 Å². The second-order valence-corrected chi connectivity index (χ2v) is 7.12. The fraction of sp³-hybridized carbons (Fsp3) is 0.238. The molecule has 1 N–H and O–H groups in total. The normalized spacial score (nSPS) is 11.3. The van der Waals surface area contributed by atoms with Crippen LogP contribution in [0.5, 0.6) is 5.75 Å². The molecular weight excluding hydrogens is 417 g/mol. The van der Waals surface area contributed by atoms with Crippen LogP contribution in [0.3, 0.4) is 0 Å². The minimum absolute atomic E-state index is 0.102. The van der Waals surface area contributed by atoms with E-state index in [1.54, 1.807) is 24.6 Å². The number of rotatable bonds is 8. The Morgan fingerprint density at radius 1 is 1.13 bits per heavy atom. The van der Waals surface area contributed by atoms with Gasteiger partial charge in [-0.2, -0.15) is 13.2 Å². The van der Waals surface area contributed by atoms with E-state index >= 15 is 0 Å². The van der Waals surface area contributed by atoms with Gasteiger partial charge in [-0.15, -0.1) is 11.3 Å². The molecule has 0 bridgehead atoms. The van der Waals surface area contributed by atoms with Crippen LogP contribution < -0.4 is 10.1 Å². The molecule has 9 heteroatoms. The number of benzene rings is 2. The Balaban J connectivity index is 1.70. The number of nitrogens with zero attached hydrogens (tertiary/aromatic N) is 1.